The fourth-order valence-corrected chi connectivity index (χ4v) is 1.90. The molecule has 0 aliphatic carbocycles. The molecule has 0 radical (unpaired) electrons. The Morgan fingerprint density at radius 3 is 2.41 bits per heavy atom. The molecule has 0 saturated heterocycles. The second-order valence-corrected chi connectivity index (χ2v) is 4.59. The third-order valence-corrected chi connectivity index (χ3v) is 2.95. The van der Waals surface area contributed by atoms with Crippen molar-refractivity contribution in [2.24, 2.45) is 5.92 Å². The van der Waals surface area contributed by atoms with E-state index in [2.05, 4.69) is 12.2 Å². The molecule has 2 unspecified atom stereocenters. The van der Waals surface area contributed by atoms with Crippen molar-refractivity contribution < 1.29 is 9.90 Å². The molecule has 0 bridgehead atoms. The van der Waals surface area contributed by atoms with E-state index in [1.807, 2.05) is 38.1 Å². The summed E-state index contributed by atoms with van der Waals surface area (Å²) in [5, 5.41) is 12.3. The maximum atomic E-state index is 11.2. The van der Waals surface area contributed by atoms with Crippen LogP contribution in [-0.2, 0) is 4.79 Å². The van der Waals surface area contributed by atoms with Crippen LogP contribution in [0.25, 0.3) is 0 Å². The van der Waals surface area contributed by atoms with Gasteiger partial charge in [0.05, 0.1) is 0 Å². The van der Waals surface area contributed by atoms with E-state index in [1.54, 1.807) is 0 Å². The van der Waals surface area contributed by atoms with Gasteiger partial charge in [0.2, 0.25) is 0 Å². The predicted octanol–water partition coefficient (Wildman–Crippen LogP) is 3.30. The molecule has 3 heteroatoms. The van der Waals surface area contributed by atoms with Crippen LogP contribution >= 0.6 is 0 Å². The van der Waals surface area contributed by atoms with Gasteiger partial charge in [-0.2, -0.15) is 0 Å². The molecule has 0 aliphatic heterocycles. The van der Waals surface area contributed by atoms with Gasteiger partial charge in [-0.1, -0.05) is 38.0 Å². The van der Waals surface area contributed by atoms with E-state index in [0.717, 1.165) is 18.5 Å². The molecule has 2 atom stereocenters. The number of carboxylic acid groups (broad SMARTS) is 1. The first-order valence-corrected chi connectivity index (χ1v) is 6.10. The number of anilines is 1. The van der Waals surface area contributed by atoms with Crippen LogP contribution < -0.4 is 5.32 Å². The van der Waals surface area contributed by atoms with Gasteiger partial charge < -0.3 is 10.4 Å². The number of rotatable bonds is 6. The summed E-state index contributed by atoms with van der Waals surface area (Å²) in [6.45, 7) is 6.06. The topological polar surface area (TPSA) is 49.3 Å². The summed E-state index contributed by atoms with van der Waals surface area (Å²) in [5.74, 6) is -0.662. The Kier molecular flexibility index (Phi) is 5.01. The second kappa shape index (κ2) is 6.28. The minimum absolute atomic E-state index is 0.124. The first-order valence-electron chi connectivity index (χ1n) is 6.10. The summed E-state index contributed by atoms with van der Waals surface area (Å²) in [4.78, 5) is 11.2. The maximum Gasteiger partial charge on any atom is 0.326 e. The normalized spacial score (nSPS) is 14.1. The Hall–Kier alpha value is -1.51. The molecule has 3 nitrogen and oxygen atoms in total. The van der Waals surface area contributed by atoms with E-state index in [4.69, 9.17) is 0 Å². The summed E-state index contributed by atoms with van der Waals surface area (Å²) >= 11 is 0. The molecule has 94 valence electrons. The average molecular weight is 235 g/mol. The lowest BCUT2D eigenvalue weighted by atomic mass is 9.96. The van der Waals surface area contributed by atoms with Crippen molar-refractivity contribution in [2.45, 2.75) is 39.7 Å². The molecule has 0 fully saturated rings. The zero-order chi connectivity index (χ0) is 12.8. The van der Waals surface area contributed by atoms with Gasteiger partial charge in [0.25, 0.3) is 0 Å². The van der Waals surface area contributed by atoms with E-state index in [9.17, 15) is 9.90 Å². The molecule has 0 saturated carbocycles. The average Bonchev–Trinajstić information content (AvgIpc) is 2.28. The Morgan fingerprint density at radius 1 is 1.35 bits per heavy atom. The lowest BCUT2D eigenvalue weighted by molar-refractivity contribution is -0.139. The summed E-state index contributed by atoms with van der Waals surface area (Å²) in [5.41, 5.74) is 2.04. The lowest BCUT2D eigenvalue weighted by Crippen LogP contribution is -2.35. The van der Waals surface area contributed by atoms with E-state index in [-0.39, 0.29) is 5.92 Å². The molecule has 0 amide bonds. The summed E-state index contributed by atoms with van der Waals surface area (Å²) in [6, 6.07) is 7.28. The van der Waals surface area contributed by atoms with Crippen LogP contribution in [-0.4, -0.2) is 17.1 Å². The highest BCUT2D eigenvalue weighted by atomic mass is 16.4. The van der Waals surface area contributed by atoms with Gasteiger partial charge >= 0.3 is 5.97 Å². The summed E-state index contributed by atoms with van der Waals surface area (Å²) in [7, 11) is 0. The second-order valence-electron chi connectivity index (χ2n) is 4.59. The fourth-order valence-electron chi connectivity index (χ4n) is 1.90. The highest BCUT2D eigenvalue weighted by molar-refractivity contribution is 5.77. The van der Waals surface area contributed by atoms with Crippen LogP contribution in [0.2, 0.25) is 0 Å². The molecule has 17 heavy (non-hydrogen) atoms. The van der Waals surface area contributed by atoms with Crippen LogP contribution in [0.1, 0.15) is 32.3 Å². The van der Waals surface area contributed by atoms with E-state index in [1.165, 1.54) is 5.56 Å². The van der Waals surface area contributed by atoms with E-state index in [0.29, 0.717) is 0 Å². The van der Waals surface area contributed by atoms with Crippen LogP contribution in [0.15, 0.2) is 24.3 Å². The zero-order valence-electron chi connectivity index (χ0n) is 10.7. The van der Waals surface area contributed by atoms with Gasteiger partial charge in [-0.15, -0.1) is 0 Å². The molecule has 0 aliphatic rings. The minimum atomic E-state index is -0.786. The quantitative estimate of drug-likeness (QED) is 0.795. The number of carbonyl (C=O) groups is 1. The van der Waals surface area contributed by atoms with Gasteiger partial charge in [0.15, 0.2) is 0 Å². The van der Waals surface area contributed by atoms with Gasteiger partial charge in [-0.05, 0) is 31.4 Å². The maximum absolute atomic E-state index is 11.2. The van der Waals surface area contributed by atoms with Crippen LogP contribution in [0, 0.1) is 12.8 Å². The van der Waals surface area contributed by atoms with E-state index < -0.39 is 12.0 Å². The van der Waals surface area contributed by atoms with Crippen LogP contribution in [0.3, 0.4) is 0 Å². The Labute approximate surface area is 103 Å². The van der Waals surface area contributed by atoms with E-state index >= 15 is 0 Å². The minimum Gasteiger partial charge on any atom is -0.480 e. The molecule has 0 heterocycles. The molecule has 1 aromatic rings. The molecular formula is C14H21NO2. The van der Waals surface area contributed by atoms with Gasteiger partial charge in [-0.25, -0.2) is 4.79 Å². The first kappa shape index (κ1) is 13.6. The SMILES string of the molecule is CCCC(C)C(Nc1ccc(C)cc1)C(=O)O. The largest absolute Gasteiger partial charge is 0.480 e. The van der Waals surface area contributed by atoms with Crippen molar-refractivity contribution >= 4 is 11.7 Å². The van der Waals surface area contributed by atoms with Crippen molar-refractivity contribution in [3.05, 3.63) is 29.8 Å². The van der Waals surface area contributed by atoms with Crippen LogP contribution in [0.4, 0.5) is 5.69 Å². The number of hydrogen-bond acceptors (Lipinski definition) is 2. The Balaban J connectivity index is 2.73. The lowest BCUT2D eigenvalue weighted by Gasteiger charge is -2.22. The molecule has 2 N–H and O–H groups in total. The first-order chi connectivity index (χ1) is 8.04. The number of benzene rings is 1. The molecule has 1 aromatic carbocycles. The highest BCUT2D eigenvalue weighted by Crippen LogP contribution is 2.17. The van der Waals surface area contributed by atoms with Gasteiger partial charge in [0, 0.05) is 5.69 Å². The van der Waals surface area contributed by atoms with Crippen molar-refractivity contribution in [3.63, 3.8) is 0 Å². The molecule has 0 aromatic heterocycles. The number of aliphatic carboxylic acids is 1. The Bertz CT molecular complexity index is 359. The third kappa shape index (κ3) is 4.10. The highest BCUT2D eigenvalue weighted by Gasteiger charge is 2.23. The third-order valence-electron chi connectivity index (χ3n) is 2.95. The molecular weight excluding hydrogens is 214 g/mol. The van der Waals surface area contributed by atoms with Crippen LogP contribution in [0.5, 0.6) is 0 Å². The molecule has 1 rings (SSSR count). The van der Waals surface area contributed by atoms with Gasteiger partial charge in [-0.3, -0.25) is 0 Å². The predicted molar refractivity (Wildman–Crippen MR) is 70.3 cm³/mol. The van der Waals surface area contributed by atoms with Crippen molar-refractivity contribution in [1.29, 1.82) is 0 Å². The fraction of sp³-hybridized carbons (Fsp3) is 0.500. The number of hydrogen-bond donors (Lipinski definition) is 2. The van der Waals surface area contributed by atoms with Crippen molar-refractivity contribution in [2.75, 3.05) is 5.32 Å². The summed E-state index contributed by atoms with van der Waals surface area (Å²) < 4.78 is 0. The number of carboxylic acids is 1. The number of aryl methyl sites for hydroxylation is 1. The van der Waals surface area contributed by atoms with Crippen molar-refractivity contribution in [3.8, 4) is 0 Å². The zero-order valence-corrected chi connectivity index (χ0v) is 10.7. The van der Waals surface area contributed by atoms with Gasteiger partial charge in [0.1, 0.15) is 6.04 Å². The van der Waals surface area contributed by atoms with Crippen molar-refractivity contribution in [1.82, 2.24) is 0 Å². The standard InChI is InChI=1S/C14H21NO2/c1-4-5-11(3)13(14(16)17)15-12-8-6-10(2)7-9-12/h6-9,11,13,15H,4-5H2,1-3H3,(H,16,17). The molecule has 0 spiro atoms. The Morgan fingerprint density at radius 2 is 1.94 bits per heavy atom. The number of nitrogens with one attached hydrogen (secondary N) is 1. The monoisotopic (exact) mass is 235 g/mol. The summed E-state index contributed by atoms with van der Waals surface area (Å²) in [6.07, 6.45) is 1.91. The smallest absolute Gasteiger partial charge is 0.326 e.